The van der Waals surface area contributed by atoms with E-state index in [-0.39, 0.29) is 0 Å². The zero-order valence-electron chi connectivity index (χ0n) is 24.5. The zero-order chi connectivity index (χ0) is 29.5. The van der Waals surface area contributed by atoms with E-state index < -0.39 is 0 Å². The predicted octanol–water partition coefficient (Wildman–Crippen LogP) is 12.1. The summed E-state index contributed by atoms with van der Waals surface area (Å²) in [6.07, 6.45) is 0. The minimum absolute atomic E-state index is 1.18. The second-order valence-electron chi connectivity index (χ2n) is 12.2. The number of hydrogen-bond acceptors (Lipinski definition) is 0. The van der Waals surface area contributed by atoms with E-state index in [4.69, 9.17) is 0 Å². The van der Waals surface area contributed by atoms with Gasteiger partial charge in [-0.2, -0.15) is 0 Å². The van der Waals surface area contributed by atoms with Gasteiger partial charge in [0.05, 0.1) is 11.0 Å². The lowest BCUT2D eigenvalue weighted by Gasteiger charge is -2.10. The van der Waals surface area contributed by atoms with Crippen LogP contribution in [0.25, 0.3) is 93.5 Å². The van der Waals surface area contributed by atoms with Gasteiger partial charge >= 0.3 is 0 Å². The molecule has 10 rings (SSSR count). The molecule has 1 aromatic heterocycles. The molecule has 0 spiro atoms. The molecule has 9 aromatic rings. The fourth-order valence-electron chi connectivity index (χ4n) is 7.59. The molecular weight excluding hydrogens is 542 g/mol. The van der Waals surface area contributed by atoms with Crippen molar-refractivity contribution in [3.8, 4) is 50.2 Å². The highest BCUT2D eigenvalue weighted by Crippen LogP contribution is 2.48. The molecule has 208 valence electrons. The minimum atomic E-state index is 1.18. The Hall–Kier alpha value is -5.92. The third-order valence-electron chi connectivity index (χ3n) is 9.68. The van der Waals surface area contributed by atoms with Crippen LogP contribution < -0.4 is 0 Å². The standard InChI is InChI=1S/C44H27N/c1-2-10-35(11-3-1)45-42-16-7-6-14-38(42)40-25-34-23-30(21-22-31(34)27-43(40)45)28-17-19-29(20-18-28)33-24-32-9-8-15-39-36-12-4-5-13-37(36)41(26-33)44(32)39/h1-27H. The molecule has 0 N–H and O–H groups in total. The van der Waals surface area contributed by atoms with Gasteiger partial charge in [-0.15, -0.1) is 0 Å². The molecule has 0 aliphatic heterocycles. The fourth-order valence-corrected chi connectivity index (χ4v) is 7.59. The first kappa shape index (κ1) is 24.5. The Labute approximate surface area is 261 Å². The molecule has 0 amide bonds. The average molecular weight is 570 g/mol. The zero-order valence-corrected chi connectivity index (χ0v) is 24.5. The van der Waals surface area contributed by atoms with Crippen molar-refractivity contribution in [2.24, 2.45) is 0 Å². The number of rotatable bonds is 3. The van der Waals surface area contributed by atoms with Crippen LogP contribution in [0.4, 0.5) is 0 Å². The van der Waals surface area contributed by atoms with E-state index in [2.05, 4.69) is 168 Å². The maximum Gasteiger partial charge on any atom is 0.0547 e. The second kappa shape index (κ2) is 9.29. The number of para-hydroxylation sites is 2. The van der Waals surface area contributed by atoms with Crippen molar-refractivity contribution < 1.29 is 0 Å². The van der Waals surface area contributed by atoms with Crippen LogP contribution in [-0.2, 0) is 0 Å². The van der Waals surface area contributed by atoms with E-state index in [0.717, 1.165) is 0 Å². The summed E-state index contributed by atoms with van der Waals surface area (Å²) in [5, 5.41) is 7.74. The molecule has 8 aromatic carbocycles. The molecule has 1 heteroatoms. The first-order valence-electron chi connectivity index (χ1n) is 15.6. The smallest absolute Gasteiger partial charge is 0.0547 e. The predicted molar refractivity (Wildman–Crippen MR) is 191 cm³/mol. The highest BCUT2D eigenvalue weighted by atomic mass is 15.0. The summed E-state index contributed by atoms with van der Waals surface area (Å²) in [5.74, 6) is 0. The molecule has 1 aliphatic rings. The summed E-state index contributed by atoms with van der Waals surface area (Å²) in [6.45, 7) is 0. The van der Waals surface area contributed by atoms with E-state index in [1.54, 1.807) is 0 Å². The average Bonchev–Trinajstić information content (AvgIpc) is 3.61. The number of aromatic nitrogens is 1. The normalized spacial score (nSPS) is 12.0. The van der Waals surface area contributed by atoms with Crippen LogP contribution in [0.5, 0.6) is 0 Å². The van der Waals surface area contributed by atoms with Crippen molar-refractivity contribution in [1.29, 1.82) is 0 Å². The molecule has 0 bridgehead atoms. The lowest BCUT2D eigenvalue weighted by molar-refractivity contribution is 1.18. The van der Waals surface area contributed by atoms with Crippen LogP contribution in [0, 0.1) is 0 Å². The van der Waals surface area contributed by atoms with Crippen molar-refractivity contribution in [2.75, 3.05) is 0 Å². The molecule has 0 saturated heterocycles. The Balaban J connectivity index is 1.07. The lowest BCUT2D eigenvalue weighted by Crippen LogP contribution is -1.92. The van der Waals surface area contributed by atoms with Gasteiger partial charge in [0.2, 0.25) is 0 Å². The van der Waals surface area contributed by atoms with E-state index >= 15 is 0 Å². The van der Waals surface area contributed by atoms with Crippen LogP contribution in [0.3, 0.4) is 0 Å². The van der Waals surface area contributed by atoms with Gasteiger partial charge in [-0.25, -0.2) is 0 Å². The third-order valence-corrected chi connectivity index (χ3v) is 9.68. The molecule has 1 heterocycles. The van der Waals surface area contributed by atoms with Crippen LogP contribution in [0.2, 0.25) is 0 Å². The third kappa shape index (κ3) is 3.62. The Morgan fingerprint density at radius 1 is 0.311 bits per heavy atom. The van der Waals surface area contributed by atoms with Gasteiger partial charge in [0.1, 0.15) is 0 Å². The van der Waals surface area contributed by atoms with Gasteiger partial charge in [-0.05, 0) is 115 Å². The van der Waals surface area contributed by atoms with Crippen LogP contribution in [0.15, 0.2) is 164 Å². The molecule has 1 nitrogen and oxygen atoms in total. The van der Waals surface area contributed by atoms with Gasteiger partial charge in [0.15, 0.2) is 0 Å². The SMILES string of the molecule is c1ccc(-n2c3ccccc3c3cc4cc(-c5ccc(-c6cc7c8c(cccc8c6)-c6ccccc6-7)cc5)ccc4cc32)cc1. The molecule has 0 unspecified atom stereocenters. The molecule has 45 heavy (non-hydrogen) atoms. The van der Waals surface area contributed by atoms with Crippen molar-refractivity contribution in [3.05, 3.63) is 164 Å². The van der Waals surface area contributed by atoms with Crippen molar-refractivity contribution in [1.82, 2.24) is 4.57 Å². The summed E-state index contributed by atoms with van der Waals surface area (Å²) in [4.78, 5) is 0. The Kier molecular flexibility index (Phi) is 5.06. The van der Waals surface area contributed by atoms with E-state index in [1.165, 1.54) is 93.5 Å². The monoisotopic (exact) mass is 569 g/mol. The number of nitrogens with zero attached hydrogens (tertiary/aromatic N) is 1. The maximum absolute atomic E-state index is 2.38. The van der Waals surface area contributed by atoms with Gasteiger partial charge in [0, 0.05) is 16.5 Å². The van der Waals surface area contributed by atoms with E-state index in [1.807, 2.05) is 0 Å². The highest BCUT2D eigenvalue weighted by molar-refractivity contribution is 6.17. The first-order chi connectivity index (χ1) is 22.3. The summed E-state index contributed by atoms with van der Waals surface area (Å²) in [7, 11) is 0. The summed E-state index contributed by atoms with van der Waals surface area (Å²) >= 11 is 0. The number of benzene rings is 8. The maximum atomic E-state index is 2.38. The highest BCUT2D eigenvalue weighted by Gasteiger charge is 2.21. The largest absolute Gasteiger partial charge is 0.309 e. The Morgan fingerprint density at radius 2 is 0.978 bits per heavy atom. The van der Waals surface area contributed by atoms with Crippen LogP contribution in [-0.4, -0.2) is 4.57 Å². The minimum Gasteiger partial charge on any atom is -0.309 e. The topological polar surface area (TPSA) is 4.93 Å². The molecular formula is C44H27N. The van der Waals surface area contributed by atoms with Crippen LogP contribution >= 0.6 is 0 Å². The number of hydrogen-bond donors (Lipinski definition) is 0. The fraction of sp³-hybridized carbons (Fsp3) is 0. The molecule has 0 atom stereocenters. The van der Waals surface area contributed by atoms with Gasteiger partial charge in [-0.1, -0.05) is 115 Å². The summed E-state index contributed by atoms with van der Waals surface area (Å²) in [6, 6.07) is 60.2. The molecule has 0 radical (unpaired) electrons. The first-order valence-corrected chi connectivity index (χ1v) is 15.6. The second-order valence-corrected chi connectivity index (χ2v) is 12.2. The van der Waals surface area contributed by atoms with Crippen LogP contribution in [0.1, 0.15) is 0 Å². The van der Waals surface area contributed by atoms with Crippen molar-refractivity contribution in [3.63, 3.8) is 0 Å². The van der Waals surface area contributed by atoms with Gasteiger partial charge < -0.3 is 4.57 Å². The van der Waals surface area contributed by atoms with Crippen molar-refractivity contribution in [2.45, 2.75) is 0 Å². The molecule has 0 fully saturated rings. The van der Waals surface area contributed by atoms with E-state index in [9.17, 15) is 0 Å². The Morgan fingerprint density at radius 3 is 1.82 bits per heavy atom. The quantitative estimate of drug-likeness (QED) is 0.199. The van der Waals surface area contributed by atoms with E-state index in [0.29, 0.717) is 0 Å². The number of fused-ring (bicyclic) bond motifs is 7. The summed E-state index contributed by atoms with van der Waals surface area (Å²) in [5.41, 5.74) is 14.0. The van der Waals surface area contributed by atoms with Gasteiger partial charge in [0.25, 0.3) is 0 Å². The summed E-state index contributed by atoms with van der Waals surface area (Å²) < 4.78 is 2.38. The van der Waals surface area contributed by atoms with Gasteiger partial charge in [-0.3, -0.25) is 0 Å². The molecule has 1 aliphatic carbocycles. The molecule has 0 saturated carbocycles. The van der Waals surface area contributed by atoms with Crippen molar-refractivity contribution >= 4 is 43.4 Å². The lowest BCUT2D eigenvalue weighted by atomic mass is 9.94. The Bertz CT molecular complexity index is 2620.